The van der Waals surface area contributed by atoms with Crippen molar-refractivity contribution in [1.29, 1.82) is 0 Å². The molecule has 1 fully saturated rings. The summed E-state index contributed by atoms with van der Waals surface area (Å²) in [6.07, 6.45) is 3.91. The molecule has 1 aliphatic carbocycles. The van der Waals surface area contributed by atoms with Crippen molar-refractivity contribution in [3.05, 3.63) is 35.9 Å². The molecule has 3 unspecified atom stereocenters. The predicted octanol–water partition coefficient (Wildman–Crippen LogP) is 3.53. The van der Waals surface area contributed by atoms with Gasteiger partial charge in [0.2, 0.25) is 0 Å². The molecule has 0 bridgehead atoms. The Labute approximate surface area is 104 Å². The van der Waals surface area contributed by atoms with E-state index in [1.54, 1.807) is 0 Å². The van der Waals surface area contributed by atoms with Crippen LogP contribution >= 0.6 is 0 Å². The Morgan fingerprint density at radius 2 is 1.94 bits per heavy atom. The maximum Gasteiger partial charge on any atom is 0.0933 e. The van der Waals surface area contributed by atoms with E-state index in [0.29, 0.717) is 18.6 Å². The summed E-state index contributed by atoms with van der Waals surface area (Å²) in [6, 6.07) is 10.8. The summed E-state index contributed by atoms with van der Waals surface area (Å²) in [7, 11) is 0. The lowest BCUT2D eigenvalue weighted by molar-refractivity contribution is -0.0254. The summed E-state index contributed by atoms with van der Waals surface area (Å²) < 4.78 is 0. The van der Waals surface area contributed by atoms with Crippen LogP contribution in [0.2, 0.25) is 0 Å². The maximum absolute atomic E-state index is 5.63. The normalized spacial score (nSPS) is 29.2. The van der Waals surface area contributed by atoms with Crippen LogP contribution in [0, 0.1) is 11.8 Å². The van der Waals surface area contributed by atoms with E-state index in [-0.39, 0.29) is 0 Å². The van der Waals surface area contributed by atoms with Crippen molar-refractivity contribution in [1.82, 2.24) is 5.48 Å². The molecule has 1 saturated carbocycles. The average Bonchev–Trinajstić information content (AvgIpc) is 2.36. The topological polar surface area (TPSA) is 21.3 Å². The van der Waals surface area contributed by atoms with Crippen LogP contribution in [0.5, 0.6) is 0 Å². The average molecular weight is 233 g/mol. The molecule has 0 heterocycles. The Morgan fingerprint density at radius 3 is 2.71 bits per heavy atom. The lowest BCUT2D eigenvalue weighted by Gasteiger charge is -2.34. The highest BCUT2D eigenvalue weighted by atomic mass is 16.6. The highest BCUT2D eigenvalue weighted by Gasteiger charge is 2.26. The second kappa shape index (κ2) is 6.18. The van der Waals surface area contributed by atoms with Gasteiger partial charge in [-0.25, -0.2) is 0 Å². The highest BCUT2D eigenvalue weighted by Crippen LogP contribution is 2.29. The Morgan fingerprint density at radius 1 is 1.18 bits per heavy atom. The molecule has 3 atom stereocenters. The van der Waals surface area contributed by atoms with Crippen molar-refractivity contribution in [3.8, 4) is 0 Å². The molecule has 0 radical (unpaired) electrons. The quantitative estimate of drug-likeness (QED) is 0.803. The van der Waals surface area contributed by atoms with Gasteiger partial charge in [0.05, 0.1) is 6.61 Å². The first kappa shape index (κ1) is 12.6. The van der Waals surface area contributed by atoms with Gasteiger partial charge in [0, 0.05) is 6.04 Å². The van der Waals surface area contributed by atoms with Crippen LogP contribution in [0.1, 0.15) is 38.7 Å². The fraction of sp³-hybridized carbons (Fsp3) is 0.600. The maximum atomic E-state index is 5.63. The summed E-state index contributed by atoms with van der Waals surface area (Å²) in [4.78, 5) is 5.63. The number of hydrogen-bond donors (Lipinski definition) is 1. The minimum absolute atomic E-state index is 0.516. The first-order valence-corrected chi connectivity index (χ1v) is 6.68. The van der Waals surface area contributed by atoms with Gasteiger partial charge in [0.25, 0.3) is 0 Å². The fourth-order valence-electron chi connectivity index (χ4n) is 2.55. The van der Waals surface area contributed by atoms with E-state index >= 15 is 0 Å². The number of hydroxylamine groups is 1. The minimum Gasteiger partial charge on any atom is -0.297 e. The first-order chi connectivity index (χ1) is 8.27. The lowest BCUT2D eigenvalue weighted by Crippen LogP contribution is -2.40. The molecule has 1 aromatic rings. The third-order valence-electron chi connectivity index (χ3n) is 4.02. The molecule has 0 amide bonds. The molecule has 0 saturated heterocycles. The van der Waals surface area contributed by atoms with E-state index in [9.17, 15) is 0 Å². The van der Waals surface area contributed by atoms with E-state index in [1.807, 2.05) is 18.2 Å². The van der Waals surface area contributed by atoms with Gasteiger partial charge < -0.3 is 0 Å². The molecule has 94 valence electrons. The molecule has 17 heavy (non-hydrogen) atoms. The zero-order valence-corrected chi connectivity index (χ0v) is 10.9. The smallest absolute Gasteiger partial charge is 0.0933 e. The van der Waals surface area contributed by atoms with E-state index in [4.69, 9.17) is 4.84 Å². The Kier molecular flexibility index (Phi) is 4.57. The SMILES string of the molecule is CC1CCCC(NOCc2ccccc2)C1C. The summed E-state index contributed by atoms with van der Waals surface area (Å²) in [5, 5.41) is 0. The van der Waals surface area contributed by atoms with Crippen molar-refractivity contribution in [2.24, 2.45) is 11.8 Å². The van der Waals surface area contributed by atoms with Crippen LogP contribution in [-0.4, -0.2) is 6.04 Å². The van der Waals surface area contributed by atoms with Crippen LogP contribution in [-0.2, 0) is 11.4 Å². The Hall–Kier alpha value is -0.860. The van der Waals surface area contributed by atoms with Crippen molar-refractivity contribution >= 4 is 0 Å². The number of benzene rings is 1. The zero-order valence-electron chi connectivity index (χ0n) is 10.9. The van der Waals surface area contributed by atoms with Gasteiger partial charge in [-0.05, 0) is 23.8 Å². The van der Waals surface area contributed by atoms with Crippen molar-refractivity contribution in [3.63, 3.8) is 0 Å². The molecular formula is C15H23NO. The summed E-state index contributed by atoms with van der Waals surface area (Å²) >= 11 is 0. The second-order valence-corrected chi connectivity index (χ2v) is 5.27. The number of nitrogens with one attached hydrogen (secondary N) is 1. The largest absolute Gasteiger partial charge is 0.297 e. The zero-order chi connectivity index (χ0) is 12.1. The molecule has 2 rings (SSSR count). The Balaban J connectivity index is 1.75. The highest BCUT2D eigenvalue weighted by molar-refractivity contribution is 5.13. The van der Waals surface area contributed by atoms with Crippen LogP contribution < -0.4 is 5.48 Å². The summed E-state index contributed by atoms with van der Waals surface area (Å²) in [5.41, 5.74) is 4.47. The predicted molar refractivity (Wildman–Crippen MR) is 70.3 cm³/mol. The molecule has 0 spiro atoms. The van der Waals surface area contributed by atoms with Crippen molar-refractivity contribution < 1.29 is 4.84 Å². The molecule has 0 aromatic heterocycles. The van der Waals surface area contributed by atoms with Crippen molar-refractivity contribution in [2.75, 3.05) is 0 Å². The molecule has 1 aliphatic rings. The Bertz CT molecular complexity index is 325. The number of hydrogen-bond acceptors (Lipinski definition) is 2. The van der Waals surface area contributed by atoms with Gasteiger partial charge in [-0.1, -0.05) is 57.0 Å². The van der Waals surface area contributed by atoms with Gasteiger partial charge in [0.15, 0.2) is 0 Å². The molecule has 2 heteroatoms. The van der Waals surface area contributed by atoms with Gasteiger partial charge in [-0.3, -0.25) is 4.84 Å². The lowest BCUT2D eigenvalue weighted by atomic mass is 9.78. The van der Waals surface area contributed by atoms with Gasteiger partial charge in [-0.2, -0.15) is 5.48 Å². The second-order valence-electron chi connectivity index (χ2n) is 5.27. The monoisotopic (exact) mass is 233 g/mol. The van der Waals surface area contributed by atoms with Crippen LogP contribution in [0.3, 0.4) is 0 Å². The van der Waals surface area contributed by atoms with Crippen LogP contribution in [0.25, 0.3) is 0 Å². The third kappa shape index (κ3) is 3.55. The van der Waals surface area contributed by atoms with E-state index in [1.165, 1.54) is 24.8 Å². The molecule has 1 aromatic carbocycles. The van der Waals surface area contributed by atoms with Gasteiger partial charge >= 0.3 is 0 Å². The van der Waals surface area contributed by atoms with E-state index in [2.05, 4.69) is 31.5 Å². The van der Waals surface area contributed by atoms with Gasteiger partial charge in [0.1, 0.15) is 0 Å². The number of rotatable bonds is 4. The summed E-state index contributed by atoms with van der Waals surface area (Å²) in [6.45, 7) is 5.32. The summed E-state index contributed by atoms with van der Waals surface area (Å²) in [5.74, 6) is 1.51. The van der Waals surface area contributed by atoms with Gasteiger partial charge in [-0.15, -0.1) is 0 Å². The molecule has 2 nitrogen and oxygen atoms in total. The van der Waals surface area contributed by atoms with E-state index < -0.39 is 0 Å². The molecular weight excluding hydrogens is 210 g/mol. The fourth-order valence-corrected chi connectivity index (χ4v) is 2.55. The standard InChI is InChI=1S/C15H23NO/c1-12-7-6-10-15(13(12)2)16-17-11-14-8-4-3-5-9-14/h3-5,8-9,12-13,15-16H,6-7,10-11H2,1-2H3. The van der Waals surface area contributed by atoms with Crippen molar-refractivity contribution in [2.45, 2.75) is 45.8 Å². The molecule has 0 aliphatic heterocycles. The van der Waals surface area contributed by atoms with E-state index in [0.717, 1.165) is 5.92 Å². The van der Waals surface area contributed by atoms with Crippen LogP contribution in [0.4, 0.5) is 0 Å². The molecule has 1 N–H and O–H groups in total. The van der Waals surface area contributed by atoms with Crippen LogP contribution in [0.15, 0.2) is 30.3 Å². The third-order valence-corrected chi connectivity index (χ3v) is 4.02. The minimum atomic E-state index is 0.516. The first-order valence-electron chi connectivity index (χ1n) is 6.68.